The number of amides is 3. The lowest BCUT2D eigenvalue weighted by Gasteiger charge is -2.05. The standard InChI is InChI=1S/C14H17N3O3/c1-15-6-3-7-16-12(18)9-4-5-10-11(8-9)14(20)17(2)13(10)19/h4-5,8,15H,3,6-7H2,1-2H3,(H,16,18). The van der Waals surface area contributed by atoms with E-state index >= 15 is 0 Å². The van der Waals surface area contributed by atoms with Crippen LogP contribution < -0.4 is 10.6 Å². The molecule has 0 unspecified atom stereocenters. The van der Waals surface area contributed by atoms with Crippen LogP contribution in [0, 0.1) is 0 Å². The second-order valence-corrected chi connectivity index (χ2v) is 4.64. The van der Waals surface area contributed by atoms with Crippen LogP contribution in [0.4, 0.5) is 0 Å². The lowest BCUT2D eigenvalue weighted by atomic mass is 10.1. The van der Waals surface area contributed by atoms with Crippen molar-refractivity contribution in [1.82, 2.24) is 15.5 Å². The van der Waals surface area contributed by atoms with Crippen molar-refractivity contribution in [3.05, 3.63) is 34.9 Å². The summed E-state index contributed by atoms with van der Waals surface area (Å²) in [5, 5.41) is 5.77. The first-order chi connectivity index (χ1) is 9.56. The van der Waals surface area contributed by atoms with Gasteiger partial charge in [0.2, 0.25) is 0 Å². The molecule has 0 radical (unpaired) electrons. The predicted octanol–water partition coefficient (Wildman–Crippen LogP) is 0.252. The van der Waals surface area contributed by atoms with E-state index in [0.717, 1.165) is 17.9 Å². The zero-order valence-corrected chi connectivity index (χ0v) is 11.5. The van der Waals surface area contributed by atoms with E-state index in [-0.39, 0.29) is 17.7 Å². The Kier molecular flexibility index (Phi) is 4.14. The highest BCUT2D eigenvalue weighted by Crippen LogP contribution is 2.22. The van der Waals surface area contributed by atoms with Gasteiger partial charge in [-0.15, -0.1) is 0 Å². The van der Waals surface area contributed by atoms with Crippen molar-refractivity contribution >= 4 is 17.7 Å². The van der Waals surface area contributed by atoms with Gasteiger partial charge < -0.3 is 10.6 Å². The number of imide groups is 1. The van der Waals surface area contributed by atoms with Crippen LogP contribution >= 0.6 is 0 Å². The molecule has 20 heavy (non-hydrogen) atoms. The Hall–Kier alpha value is -2.21. The fraction of sp³-hybridized carbons (Fsp3) is 0.357. The van der Waals surface area contributed by atoms with Gasteiger partial charge >= 0.3 is 0 Å². The number of rotatable bonds is 5. The number of benzene rings is 1. The van der Waals surface area contributed by atoms with Gasteiger partial charge in [-0.25, -0.2) is 0 Å². The molecule has 6 nitrogen and oxygen atoms in total. The van der Waals surface area contributed by atoms with Gasteiger partial charge in [-0.1, -0.05) is 0 Å². The maximum atomic E-state index is 11.9. The molecule has 3 amide bonds. The Labute approximate surface area is 117 Å². The highest BCUT2D eigenvalue weighted by molar-refractivity contribution is 6.21. The summed E-state index contributed by atoms with van der Waals surface area (Å²) in [5.41, 5.74) is 1.04. The SMILES string of the molecule is CNCCCNC(=O)c1ccc2c(c1)C(=O)N(C)C2=O. The highest BCUT2D eigenvalue weighted by Gasteiger charge is 2.33. The van der Waals surface area contributed by atoms with E-state index in [1.54, 1.807) is 6.07 Å². The minimum atomic E-state index is -0.366. The highest BCUT2D eigenvalue weighted by atomic mass is 16.2. The molecule has 0 bridgehead atoms. The number of nitrogens with zero attached hydrogens (tertiary/aromatic N) is 1. The molecule has 0 atom stereocenters. The zero-order valence-electron chi connectivity index (χ0n) is 11.5. The zero-order chi connectivity index (χ0) is 14.7. The maximum absolute atomic E-state index is 11.9. The van der Waals surface area contributed by atoms with Gasteiger partial charge in [-0.05, 0) is 38.2 Å². The fourth-order valence-corrected chi connectivity index (χ4v) is 2.07. The maximum Gasteiger partial charge on any atom is 0.261 e. The van der Waals surface area contributed by atoms with Crippen molar-refractivity contribution in [3.63, 3.8) is 0 Å². The Balaban J connectivity index is 2.11. The number of carbonyl (C=O) groups excluding carboxylic acids is 3. The van der Waals surface area contributed by atoms with Crippen molar-refractivity contribution in [1.29, 1.82) is 0 Å². The van der Waals surface area contributed by atoms with Gasteiger partial charge in [0.15, 0.2) is 0 Å². The average molecular weight is 275 g/mol. The molecule has 2 N–H and O–H groups in total. The summed E-state index contributed by atoms with van der Waals surface area (Å²) < 4.78 is 0. The first-order valence-electron chi connectivity index (χ1n) is 6.45. The number of nitrogens with one attached hydrogen (secondary N) is 2. The third kappa shape index (κ3) is 2.55. The molecule has 0 fully saturated rings. The molecule has 1 aromatic rings. The van der Waals surface area contributed by atoms with E-state index in [1.807, 2.05) is 7.05 Å². The second-order valence-electron chi connectivity index (χ2n) is 4.64. The second kappa shape index (κ2) is 5.83. The van der Waals surface area contributed by atoms with Crippen LogP contribution in [0.5, 0.6) is 0 Å². The Morgan fingerprint density at radius 2 is 1.85 bits per heavy atom. The van der Waals surface area contributed by atoms with Crippen molar-refractivity contribution in [2.45, 2.75) is 6.42 Å². The van der Waals surface area contributed by atoms with Crippen LogP contribution in [0.3, 0.4) is 0 Å². The molecule has 1 heterocycles. The van der Waals surface area contributed by atoms with Crippen molar-refractivity contribution in [2.75, 3.05) is 27.2 Å². The summed E-state index contributed by atoms with van der Waals surface area (Å²) in [7, 11) is 3.28. The summed E-state index contributed by atoms with van der Waals surface area (Å²) in [4.78, 5) is 36.6. The molecular formula is C14H17N3O3. The molecule has 1 aromatic carbocycles. The van der Waals surface area contributed by atoms with Crippen molar-refractivity contribution in [3.8, 4) is 0 Å². The minimum Gasteiger partial charge on any atom is -0.352 e. The average Bonchev–Trinajstić information content (AvgIpc) is 2.68. The minimum absolute atomic E-state index is 0.237. The molecule has 1 aliphatic heterocycles. The number of hydrogen-bond acceptors (Lipinski definition) is 4. The summed E-state index contributed by atoms with van der Waals surface area (Å²) in [6.45, 7) is 1.38. The molecule has 2 rings (SSSR count). The van der Waals surface area contributed by atoms with Crippen molar-refractivity contribution < 1.29 is 14.4 Å². The van der Waals surface area contributed by atoms with Crippen LogP contribution in [0.25, 0.3) is 0 Å². The first-order valence-corrected chi connectivity index (χ1v) is 6.45. The van der Waals surface area contributed by atoms with Crippen molar-refractivity contribution in [2.24, 2.45) is 0 Å². The van der Waals surface area contributed by atoms with E-state index in [9.17, 15) is 14.4 Å². The first kappa shape index (κ1) is 14.2. The lowest BCUT2D eigenvalue weighted by molar-refractivity contribution is 0.0693. The monoisotopic (exact) mass is 275 g/mol. The van der Waals surface area contributed by atoms with Gasteiger partial charge in [0.1, 0.15) is 0 Å². The third-order valence-electron chi connectivity index (χ3n) is 3.24. The number of carbonyl (C=O) groups is 3. The van der Waals surface area contributed by atoms with E-state index in [1.165, 1.54) is 19.2 Å². The van der Waals surface area contributed by atoms with Gasteiger partial charge in [-0.3, -0.25) is 19.3 Å². The van der Waals surface area contributed by atoms with E-state index in [0.29, 0.717) is 23.2 Å². The van der Waals surface area contributed by atoms with E-state index < -0.39 is 0 Å². The Morgan fingerprint density at radius 1 is 1.15 bits per heavy atom. The van der Waals surface area contributed by atoms with Gasteiger partial charge in [-0.2, -0.15) is 0 Å². The van der Waals surface area contributed by atoms with E-state index in [2.05, 4.69) is 10.6 Å². The smallest absolute Gasteiger partial charge is 0.261 e. The van der Waals surface area contributed by atoms with Gasteiger partial charge in [0.25, 0.3) is 17.7 Å². The lowest BCUT2D eigenvalue weighted by Crippen LogP contribution is -2.26. The van der Waals surface area contributed by atoms with Crippen LogP contribution in [0.15, 0.2) is 18.2 Å². The summed E-state index contributed by atoms with van der Waals surface area (Å²) in [6, 6.07) is 4.57. The van der Waals surface area contributed by atoms with E-state index in [4.69, 9.17) is 0 Å². The molecular weight excluding hydrogens is 258 g/mol. The predicted molar refractivity (Wildman–Crippen MR) is 73.7 cm³/mol. The summed E-state index contributed by atoms with van der Waals surface area (Å²) in [5.74, 6) is -0.931. The number of fused-ring (bicyclic) bond motifs is 1. The summed E-state index contributed by atoms with van der Waals surface area (Å²) in [6.07, 6.45) is 0.827. The van der Waals surface area contributed by atoms with Crippen LogP contribution in [0.1, 0.15) is 37.5 Å². The molecule has 0 saturated carbocycles. The normalized spacial score (nSPS) is 13.6. The van der Waals surface area contributed by atoms with Gasteiger partial charge in [0, 0.05) is 19.2 Å². The molecule has 1 aliphatic rings. The molecule has 0 aromatic heterocycles. The van der Waals surface area contributed by atoms with Crippen LogP contribution in [0.2, 0.25) is 0 Å². The quantitative estimate of drug-likeness (QED) is 0.596. The molecule has 0 spiro atoms. The largest absolute Gasteiger partial charge is 0.352 e. The summed E-state index contributed by atoms with van der Waals surface area (Å²) >= 11 is 0. The van der Waals surface area contributed by atoms with Crippen LogP contribution in [-0.2, 0) is 0 Å². The van der Waals surface area contributed by atoms with Gasteiger partial charge in [0.05, 0.1) is 11.1 Å². The Morgan fingerprint density at radius 3 is 2.55 bits per heavy atom. The topological polar surface area (TPSA) is 78.5 Å². The molecule has 0 saturated heterocycles. The molecule has 106 valence electrons. The third-order valence-corrected chi connectivity index (χ3v) is 3.24. The molecule has 6 heteroatoms. The fourth-order valence-electron chi connectivity index (χ4n) is 2.07. The Bertz CT molecular complexity index is 569. The van der Waals surface area contributed by atoms with Crippen LogP contribution in [-0.4, -0.2) is 49.8 Å². The molecule has 0 aliphatic carbocycles. The number of hydrogen-bond donors (Lipinski definition) is 2.